The Labute approximate surface area is 167 Å². The van der Waals surface area contributed by atoms with Gasteiger partial charge >= 0.3 is 0 Å². The number of rotatable bonds is 3. The molecule has 9 nitrogen and oxygen atoms in total. The lowest BCUT2D eigenvalue weighted by Gasteiger charge is -2.28. The van der Waals surface area contributed by atoms with Crippen molar-refractivity contribution in [1.82, 2.24) is 14.3 Å². The first-order valence-electron chi connectivity index (χ1n) is 8.79. The summed E-state index contributed by atoms with van der Waals surface area (Å²) in [7, 11) is -3.91. The molecular formula is C19H19N5O4S. The first kappa shape index (κ1) is 20.3. The molecule has 0 saturated carbocycles. The first-order valence-corrected chi connectivity index (χ1v) is 10.2. The highest BCUT2D eigenvalue weighted by Crippen LogP contribution is 2.31. The fourth-order valence-corrected chi connectivity index (χ4v) is 4.74. The molecule has 29 heavy (non-hydrogen) atoms. The molecule has 2 aromatic heterocycles. The molecule has 4 rings (SSSR count). The van der Waals surface area contributed by atoms with E-state index in [1.54, 1.807) is 36.7 Å². The molecule has 0 atom stereocenters. The highest BCUT2D eigenvalue weighted by Gasteiger charge is 2.26. The van der Waals surface area contributed by atoms with Crippen LogP contribution in [0.25, 0.3) is 11.0 Å². The molecule has 3 aromatic rings. The van der Waals surface area contributed by atoms with Gasteiger partial charge < -0.3 is 15.3 Å². The van der Waals surface area contributed by atoms with E-state index in [0.29, 0.717) is 11.0 Å². The van der Waals surface area contributed by atoms with Crippen molar-refractivity contribution in [2.75, 3.05) is 31.1 Å². The summed E-state index contributed by atoms with van der Waals surface area (Å²) in [5.74, 6) is 0. The molecular weight excluding hydrogens is 394 g/mol. The summed E-state index contributed by atoms with van der Waals surface area (Å²) >= 11 is 0. The van der Waals surface area contributed by atoms with Gasteiger partial charge in [-0.15, -0.1) is 0 Å². The second-order valence-electron chi connectivity index (χ2n) is 6.14. The number of aromatic nitrogens is 2. The first-order chi connectivity index (χ1) is 14.0. The third-order valence-corrected chi connectivity index (χ3v) is 6.24. The van der Waals surface area contributed by atoms with Gasteiger partial charge in [-0.3, -0.25) is 9.78 Å². The number of hydrogen-bond acceptors (Lipinski definition) is 7. The number of anilines is 1. The molecule has 0 aliphatic carbocycles. The summed E-state index contributed by atoms with van der Waals surface area (Å²) in [6.45, 7) is 2.99. The van der Waals surface area contributed by atoms with Crippen molar-refractivity contribution in [3.8, 4) is 6.07 Å². The molecule has 0 spiro atoms. The van der Waals surface area contributed by atoms with Gasteiger partial charge in [0, 0.05) is 38.6 Å². The average molecular weight is 413 g/mol. The van der Waals surface area contributed by atoms with Gasteiger partial charge in [0.15, 0.2) is 0 Å². The lowest BCUT2D eigenvalue weighted by molar-refractivity contribution is -0.122. The minimum absolute atomic E-state index is 0.00452. The molecule has 1 saturated heterocycles. The molecule has 1 aromatic carbocycles. The van der Waals surface area contributed by atoms with Crippen LogP contribution in [-0.2, 0) is 14.8 Å². The molecule has 1 aliphatic rings. The van der Waals surface area contributed by atoms with E-state index in [9.17, 15) is 13.7 Å². The van der Waals surface area contributed by atoms with Crippen LogP contribution in [0.3, 0.4) is 0 Å². The van der Waals surface area contributed by atoms with Crippen LogP contribution in [0, 0.1) is 11.3 Å². The second kappa shape index (κ2) is 8.72. The molecule has 1 aliphatic heterocycles. The summed E-state index contributed by atoms with van der Waals surface area (Å²) in [4.78, 5) is 14.9. The predicted molar refractivity (Wildman–Crippen MR) is 107 cm³/mol. The Hall–Kier alpha value is -3.42. The number of nitrogens with one attached hydrogen (secondary N) is 1. The molecule has 10 heteroatoms. The zero-order chi connectivity index (χ0) is 20.9. The Morgan fingerprint density at radius 3 is 2.55 bits per heavy atom. The molecule has 150 valence electrons. The second-order valence-corrected chi connectivity index (χ2v) is 7.92. The van der Waals surface area contributed by atoms with Gasteiger partial charge in [-0.05, 0) is 24.3 Å². The lowest BCUT2D eigenvalue weighted by atomic mass is 10.2. The Morgan fingerprint density at radius 1 is 1.17 bits per heavy atom. The van der Waals surface area contributed by atoms with Crippen LogP contribution in [-0.4, -0.2) is 55.1 Å². The number of hydrogen-bond donors (Lipinski definition) is 2. The number of benzene rings is 1. The molecule has 3 heterocycles. The van der Waals surface area contributed by atoms with E-state index >= 15 is 0 Å². The van der Waals surface area contributed by atoms with Gasteiger partial charge in [-0.2, -0.15) is 5.26 Å². The van der Waals surface area contributed by atoms with Crippen LogP contribution in [0.15, 0.2) is 53.7 Å². The minimum Gasteiger partial charge on any atom is -0.483 e. The van der Waals surface area contributed by atoms with Crippen LogP contribution < -0.4 is 10.2 Å². The topological polar surface area (TPSA) is 128 Å². The van der Waals surface area contributed by atoms with Crippen molar-refractivity contribution in [1.29, 1.82) is 5.26 Å². The third kappa shape index (κ3) is 3.91. The maximum absolute atomic E-state index is 13.3. The van der Waals surface area contributed by atoms with Crippen molar-refractivity contribution >= 4 is 33.2 Å². The van der Waals surface area contributed by atoms with Crippen LogP contribution in [0.1, 0.15) is 5.56 Å². The number of nitriles is 1. The van der Waals surface area contributed by atoms with E-state index in [-0.39, 0.29) is 16.9 Å². The summed E-state index contributed by atoms with van der Waals surface area (Å²) in [5, 5.41) is 19.5. The molecule has 2 N–H and O–H groups in total. The average Bonchev–Trinajstić information content (AvgIpc) is 3.15. The number of nitrogens with zero attached hydrogens (tertiary/aromatic N) is 4. The van der Waals surface area contributed by atoms with Crippen molar-refractivity contribution < 1.29 is 18.3 Å². The largest absolute Gasteiger partial charge is 0.483 e. The van der Waals surface area contributed by atoms with Gasteiger partial charge in [-0.1, -0.05) is 12.1 Å². The number of fused-ring (bicyclic) bond motifs is 1. The van der Waals surface area contributed by atoms with Crippen LogP contribution in [0.4, 0.5) is 5.69 Å². The molecule has 0 bridgehead atoms. The van der Waals surface area contributed by atoms with Crippen LogP contribution in [0.5, 0.6) is 0 Å². The van der Waals surface area contributed by atoms with Gasteiger partial charge in [0.05, 0.1) is 16.8 Å². The van der Waals surface area contributed by atoms with Gasteiger partial charge in [-0.25, -0.2) is 12.4 Å². The lowest BCUT2D eigenvalue weighted by Crippen LogP contribution is -2.43. The molecule has 0 radical (unpaired) electrons. The van der Waals surface area contributed by atoms with E-state index in [4.69, 9.17) is 9.90 Å². The van der Waals surface area contributed by atoms with Crippen LogP contribution >= 0.6 is 0 Å². The number of piperazine rings is 1. The quantitative estimate of drug-likeness (QED) is 0.614. The number of carboxylic acid groups (broad SMARTS) is 1. The Morgan fingerprint density at radius 2 is 1.86 bits per heavy atom. The Kier molecular flexibility index (Phi) is 6.11. The minimum atomic E-state index is -3.91. The maximum atomic E-state index is 13.3. The molecule has 0 unspecified atom stereocenters. The standard InChI is InChI=1S/C18H17N5O2S.CH2O2/c19-12-14-4-1-2-6-17(14)26(24,25)23-13-16(22-10-8-20-9-11-22)18-15(23)5-3-7-21-18;2-1-3/h1-7,13,20H,8-11H2;1H,(H,2,3). The summed E-state index contributed by atoms with van der Waals surface area (Å²) < 4.78 is 27.8. The monoisotopic (exact) mass is 413 g/mol. The smallest absolute Gasteiger partial charge is 0.290 e. The van der Waals surface area contributed by atoms with Gasteiger partial charge in [0.25, 0.3) is 16.5 Å². The fraction of sp³-hybridized carbons (Fsp3) is 0.211. The normalized spacial score (nSPS) is 14.0. The Bertz CT molecular complexity index is 1160. The Balaban J connectivity index is 0.000000755. The van der Waals surface area contributed by atoms with E-state index in [0.717, 1.165) is 31.9 Å². The maximum Gasteiger partial charge on any atom is 0.290 e. The zero-order valence-corrected chi connectivity index (χ0v) is 16.2. The summed E-state index contributed by atoms with van der Waals surface area (Å²) in [5.41, 5.74) is 2.07. The summed E-state index contributed by atoms with van der Waals surface area (Å²) in [6, 6.07) is 11.7. The zero-order valence-electron chi connectivity index (χ0n) is 15.4. The number of carbonyl (C=O) groups is 1. The van der Waals surface area contributed by atoms with Crippen molar-refractivity contribution in [2.24, 2.45) is 0 Å². The van der Waals surface area contributed by atoms with E-state index in [2.05, 4.69) is 15.2 Å². The number of pyridine rings is 1. The van der Waals surface area contributed by atoms with Gasteiger partial charge in [0.1, 0.15) is 16.5 Å². The van der Waals surface area contributed by atoms with E-state index < -0.39 is 10.0 Å². The third-order valence-electron chi connectivity index (χ3n) is 4.51. The van der Waals surface area contributed by atoms with Crippen molar-refractivity contribution in [3.63, 3.8) is 0 Å². The highest BCUT2D eigenvalue weighted by atomic mass is 32.2. The highest BCUT2D eigenvalue weighted by molar-refractivity contribution is 7.90. The fourth-order valence-electron chi connectivity index (χ4n) is 3.24. The van der Waals surface area contributed by atoms with Crippen LogP contribution in [0.2, 0.25) is 0 Å². The summed E-state index contributed by atoms with van der Waals surface area (Å²) in [6.07, 6.45) is 3.28. The van der Waals surface area contributed by atoms with Gasteiger partial charge in [0.2, 0.25) is 0 Å². The van der Waals surface area contributed by atoms with Crippen molar-refractivity contribution in [3.05, 3.63) is 54.4 Å². The molecule has 1 fully saturated rings. The predicted octanol–water partition coefficient (Wildman–Crippen LogP) is 1.26. The molecule has 0 amide bonds. The van der Waals surface area contributed by atoms with Crippen molar-refractivity contribution in [2.45, 2.75) is 4.90 Å². The SMILES string of the molecule is N#Cc1ccccc1S(=O)(=O)n1cc(N2CCNCC2)c2ncccc21.O=CO. The van der Waals surface area contributed by atoms with E-state index in [1.165, 1.54) is 16.1 Å². The van der Waals surface area contributed by atoms with E-state index in [1.807, 2.05) is 6.07 Å².